The van der Waals surface area contributed by atoms with E-state index in [0.717, 1.165) is 22.6 Å². The average Bonchev–Trinajstić information content (AvgIpc) is 3.20. The van der Waals surface area contributed by atoms with Crippen molar-refractivity contribution in [1.82, 2.24) is 4.90 Å². The number of anilines is 1. The Morgan fingerprint density at radius 1 is 1.06 bits per heavy atom. The topological polar surface area (TPSA) is 125 Å². The van der Waals surface area contributed by atoms with Crippen LogP contribution in [0.2, 0.25) is 0 Å². The molecule has 3 N–H and O–H groups in total. The molecular formula is C26H26N2O7S. The molecule has 1 fully saturated rings. The van der Waals surface area contributed by atoms with E-state index in [4.69, 9.17) is 14.6 Å². The number of thiophene rings is 1. The SMILES string of the molecule is Cc1c(-c2cccc(OC3CCN(C(=O)Nc4ccccc4)CC3)c2)sc(C(=O)O)c1OCC(=O)O. The molecule has 1 aliphatic rings. The van der Waals surface area contributed by atoms with Crippen LogP contribution in [0.25, 0.3) is 10.4 Å². The van der Waals surface area contributed by atoms with Crippen LogP contribution in [0.15, 0.2) is 54.6 Å². The number of aromatic carboxylic acids is 1. The molecule has 0 saturated carbocycles. The molecule has 1 saturated heterocycles. The lowest BCUT2D eigenvalue weighted by Gasteiger charge is -2.32. The van der Waals surface area contributed by atoms with Crippen LogP contribution in [-0.4, -0.2) is 58.9 Å². The Morgan fingerprint density at radius 2 is 1.78 bits per heavy atom. The van der Waals surface area contributed by atoms with Crippen molar-refractivity contribution in [1.29, 1.82) is 0 Å². The highest BCUT2D eigenvalue weighted by atomic mass is 32.1. The number of nitrogens with zero attached hydrogens (tertiary/aromatic N) is 1. The summed E-state index contributed by atoms with van der Waals surface area (Å²) >= 11 is 1.03. The van der Waals surface area contributed by atoms with Gasteiger partial charge in [0.25, 0.3) is 0 Å². The van der Waals surface area contributed by atoms with Crippen molar-refractivity contribution in [2.75, 3.05) is 25.0 Å². The van der Waals surface area contributed by atoms with E-state index in [2.05, 4.69) is 5.32 Å². The summed E-state index contributed by atoms with van der Waals surface area (Å²) in [5.74, 6) is -1.66. The number of carboxylic acids is 2. The van der Waals surface area contributed by atoms with Crippen LogP contribution in [0.5, 0.6) is 11.5 Å². The summed E-state index contributed by atoms with van der Waals surface area (Å²) in [4.78, 5) is 37.5. The van der Waals surface area contributed by atoms with E-state index in [-0.39, 0.29) is 22.8 Å². The van der Waals surface area contributed by atoms with Crippen molar-refractivity contribution in [2.45, 2.75) is 25.9 Å². The van der Waals surface area contributed by atoms with Gasteiger partial charge in [0, 0.05) is 42.1 Å². The minimum absolute atomic E-state index is 0.0452. The van der Waals surface area contributed by atoms with E-state index in [0.29, 0.717) is 42.1 Å². The number of benzene rings is 2. The maximum Gasteiger partial charge on any atom is 0.349 e. The van der Waals surface area contributed by atoms with Crippen LogP contribution in [0.1, 0.15) is 28.1 Å². The molecule has 1 aromatic heterocycles. The van der Waals surface area contributed by atoms with Gasteiger partial charge in [-0.1, -0.05) is 30.3 Å². The molecule has 0 atom stereocenters. The maximum absolute atomic E-state index is 12.5. The minimum atomic E-state index is -1.18. The zero-order chi connectivity index (χ0) is 25.7. The highest BCUT2D eigenvalue weighted by Crippen LogP contribution is 2.42. The van der Waals surface area contributed by atoms with E-state index in [9.17, 15) is 19.5 Å². The minimum Gasteiger partial charge on any atom is -0.490 e. The van der Waals surface area contributed by atoms with Gasteiger partial charge in [0.15, 0.2) is 11.5 Å². The fraction of sp³-hybridized carbons (Fsp3) is 0.269. The van der Waals surface area contributed by atoms with E-state index < -0.39 is 18.5 Å². The fourth-order valence-electron chi connectivity index (χ4n) is 4.03. The van der Waals surface area contributed by atoms with E-state index in [1.54, 1.807) is 11.8 Å². The van der Waals surface area contributed by atoms with Gasteiger partial charge in [-0.15, -0.1) is 11.3 Å². The van der Waals surface area contributed by atoms with Gasteiger partial charge in [-0.25, -0.2) is 14.4 Å². The van der Waals surface area contributed by atoms with Crippen molar-refractivity contribution < 1.29 is 34.1 Å². The molecule has 2 aromatic carbocycles. The lowest BCUT2D eigenvalue weighted by Crippen LogP contribution is -2.43. The molecule has 4 rings (SSSR count). The average molecular weight is 511 g/mol. The molecule has 2 heterocycles. The molecule has 0 aliphatic carbocycles. The van der Waals surface area contributed by atoms with Crippen LogP contribution < -0.4 is 14.8 Å². The number of piperidine rings is 1. The molecule has 1 aliphatic heterocycles. The Bertz CT molecular complexity index is 1250. The van der Waals surface area contributed by atoms with Crippen molar-refractivity contribution in [2.24, 2.45) is 0 Å². The number of hydrogen-bond acceptors (Lipinski definition) is 6. The molecule has 36 heavy (non-hydrogen) atoms. The summed E-state index contributed by atoms with van der Waals surface area (Å²) in [6, 6.07) is 16.5. The first-order valence-electron chi connectivity index (χ1n) is 11.4. The number of carbonyl (C=O) groups is 3. The molecule has 3 aromatic rings. The van der Waals surface area contributed by atoms with Crippen LogP contribution in [0, 0.1) is 6.92 Å². The molecular weight excluding hydrogens is 484 g/mol. The second-order valence-corrected chi connectivity index (χ2v) is 9.35. The fourth-order valence-corrected chi connectivity index (χ4v) is 5.11. The number of ether oxygens (including phenoxy) is 2. The smallest absolute Gasteiger partial charge is 0.349 e. The number of para-hydroxylation sites is 1. The first-order valence-corrected chi connectivity index (χ1v) is 12.2. The molecule has 2 amide bonds. The van der Waals surface area contributed by atoms with Crippen molar-refractivity contribution in [3.8, 4) is 21.9 Å². The second kappa shape index (κ2) is 11.1. The monoisotopic (exact) mass is 510 g/mol. The number of urea groups is 1. The number of rotatable bonds is 8. The van der Waals surface area contributed by atoms with Crippen molar-refractivity contribution in [3.63, 3.8) is 0 Å². The third-order valence-electron chi connectivity index (χ3n) is 5.78. The first kappa shape index (κ1) is 25.1. The lowest BCUT2D eigenvalue weighted by molar-refractivity contribution is -0.139. The summed E-state index contributed by atoms with van der Waals surface area (Å²) in [5, 5.41) is 21.4. The molecule has 0 unspecified atom stereocenters. The zero-order valence-electron chi connectivity index (χ0n) is 19.6. The van der Waals surface area contributed by atoms with Gasteiger partial charge in [-0.3, -0.25) is 0 Å². The third kappa shape index (κ3) is 5.95. The van der Waals surface area contributed by atoms with Crippen LogP contribution in [-0.2, 0) is 4.79 Å². The molecule has 0 bridgehead atoms. The van der Waals surface area contributed by atoms with Gasteiger partial charge >= 0.3 is 18.0 Å². The number of aliphatic carboxylic acids is 1. The van der Waals surface area contributed by atoms with E-state index in [1.807, 2.05) is 54.6 Å². The summed E-state index contributed by atoms with van der Waals surface area (Å²) in [6.07, 6.45) is 1.30. The summed E-state index contributed by atoms with van der Waals surface area (Å²) in [7, 11) is 0. The summed E-state index contributed by atoms with van der Waals surface area (Å²) in [5.41, 5.74) is 2.07. The van der Waals surface area contributed by atoms with E-state index in [1.165, 1.54) is 0 Å². The molecule has 0 radical (unpaired) electrons. The number of amides is 2. The predicted octanol–water partition coefficient (Wildman–Crippen LogP) is 4.96. The van der Waals surface area contributed by atoms with Gasteiger partial charge in [-0.2, -0.15) is 0 Å². The summed E-state index contributed by atoms with van der Waals surface area (Å²) < 4.78 is 11.5. The molecule has 188 valence electrons. The van der Waals surface area contributed by atoms with Crippen LogP contribution in [0.3, 0.4) is 0 Å². The molecule has 10 heteroatoms. The molecule has 9 nitrogen and oxygen atoms in total. The third-order valence-corrected chi connectivity index (χ3v) is 7.09. The normalized spacial score (nSPS) is 13.8. The van der Waals surface area contributed by atoms with Crippen LogP contribution >= 0.6 is 11.3 Å². The number of hydrogen-bond donors (Lipinski definition) is 3. The Morgan fingerprint density at radius 3 is 2.44 bits per heavy atom. The maximum atomic E-state index is 12.5. The summed E-state index contributed by atoms with van der Waals surface area (Å²) in [6.45, 7) is 2.22. The Balaban J connectivity index is 1.41. The molecule has 0 spiro atoms. The Labute approximate surface area is 211 Å². The Kier molecular flexibility index (Phi) is 7.74. The van der Waals surface area contributed by atoms with Crippen molar-refractivity contribution >= 4 is 35.0 Å². The van der Waals surface area contributed by atoms with Gasteiger partial charge in [0.2, 0.25) is 0 Å². The zero-order valence-corrected chi connectivity index (χ0v) is 20.4. The number of nitrogens with one attached hydrogen (secondary N) is 1. The van der Waals surface area contributed by atoms with Crippen molar-refractivity contribution in [3.05, 3.63) is 65.0 Å². The van der Waals surface area contributed by atoms with Gasteiger partial charge in [0.05, 0.1) is 0 Å². The highest BCUT2D eigenvalue weighted by molar-refractivity contribution is 7.18. The number of likely N-dealkylation sites (tertiary alicyclic amines) is 1. The van der Waals surface area contributed by atoms with Gasteiger partial charge in [-0.05, 0) is 36.8 Å². The van der Waals surface area contributed by atoms with Gasteiger partial charge < -0.3 is 29.9 Å². The predicted molar refractivity (Wildman–Crippen MR) is 135 cm³/mol. The number of carbonyl (C=O) groups excluding carboxylic acids is 1. The largest absolute Gasteiger partial charge is 0.490 e. The standard InChI is InChI=1S/C26H26N2O7S/c1-16-22(34-15-21(29)30)24(25(31)32)36-23(16)17-6-5-9-20(14-17)35-19-10-12-28(13-11-19)26(33)27-18-7-3-2-4-8-18/h2-9,14,19H,10-13,15H2,1H3,(H,27,33)(H,29,30)(H,31,32). The second-order valence-electron chi connectivity index (χ2n) is 8.33. The Hall–Kier alpha value is -4.05. The quantitative estimate of drug-likeness (QED) is 0.391. The van der Waals surface area contributed by atoms with E-state index >= 15 is 0 Å². The first-order chi connectivity index (χ1) is 17.3. The van der Waals surface area contributed by atoms with Gasteiger partial charge in [0.1, 0.15) is 17.6 Å². The lowest BCUT2D eigenvalue weighted by atomic mass is 10.1. The van der Waals surface area contributed by atoms with Crippen LogP contribution in [0.4, 0.5) is 10.5 Å². The highest BCUT2D eigenvalue weighted by Gasteiger charge is 2.25. The number of carboxylic acid groups (broad SMARTS) is 2.